The lowest BCUT2D eigenvalue weighted by Crippen LogP contribution is -1.98. The van der Waals surface area contributed by atoms with Crippen molar-refractivity contribution in [1.29, 1.82) is 5.26 Å². The predicted molar refractivity (Wildman–Crippen MR) is 137 cm³/mol. The molecule has 0 bridgehead atoms. The minimum absolute atomic E-state index is 0.0102. The molecule has 5 rings (SSSR count). The van der Waals surface area contributed by atoms with Crippen molar-refractivity contribution in [2.75, 3.05) is 0 Å². The molecular weight excluding hydrogens is 516 g/mol. The van der Waals surface area contributed by atoms with E-state index in [1.807, 2.05) is 54.9 Å². The summed E-state index contributed by atoms with van der Waals surface area (Å²) in [5.74, 6) is -0.191. The Hall–Kier alpha value is -4.19. The molecule has 0 radical (unpaired) electrons. The van der Waals surface area contributed by atoms with E-state index in [0.29, 0.717) is 5.89 Å². The van der Waals surface area contributed by atoms with Crippen molar-refractivity contribution in [3.63, 3.8) is 0 Å². The first-order valence-corrected chi connectivity index (χ1v) is 11.9. The summed E-state index contributed by atoms with van der Waals surface area (Å²) in [6, 6.07) is 19.1. The van der Waals surface area contributed by atoms with Crippen LogP contribution < -0.4 is 4.74 Å². The number of benzene rings is 3. The quantitative estimate of drug-likeness (QED) is 0.228. The number of aryl methyl sites for hydroxylation is 1. The Kier molecular flexibility index (Phi) is 6.66. The van der Waals surface area contributed by atoms with Crippen LogP contribution in [-0.4, -0.2) is 20.0 Å². The summed E-state index contributed by atoms with van der Waals surface area (Å²) in [5, 5.41) is 22.4. The molecule has 10 heteroatoms. The predicted octanol–water partition coefficient (Wildman–Crippen LogP) is 7.24. The minimum Gasteiger partial charge on any atom is -0.453 e. The second-order valence-electron chi connectivity index (χ2n) is 8.21. The van der Waals surface area contributed by atoms with Crippen molar-refractivity contribution in [2.24, 2.45) is 0 Å². The molecule has 2 heterocycles. The topological polar surface area (TPSA) is 89.8 Å². The van der Waals surface area contributed by atoms with Gasteiger partial charge >= 0.3 is 0 Å². The van der Waals surface area contributed by atoms with Crippen LogP contribution in [0.5, 0.6) is 11.5 Å². The molecule has 0 unspecified atom stereocenters. The zero-order valence-corrected chi connectivity index (χ0v) is 21.2. The SMILES string of the molecule is Cc1nn(-c2ccccc2)c(C)c1-c1nnc(Cc2ccc(Cl)c(Oc3cc(Cl)cc(C#N)c3)c2F)o1. The maximum Gasteiger partial charge on any atom is 0.251 e. The Morgan fingerprint density at radius 1 is 1.05 bits per heavy atom. The van der Waals surface area contributed by atoms with E-state index < -0.39 is 5.82 Å². The Bertz CT molecular complexity index is 1660. The molecule has 5 aromatic rings. The summed E-state index contributed by atoms with van der Waals surface area (Å²) >= 11 is 12.2. The number of nitrogens with zero attached hydrogens (tertiary/aromatic N) is 5. The number of hydrogen-bond donors (Lipinski definition) is 0. The van der Waals surface area contributed by atoms with E-state index in [2.05, 4.69) is 15.3 Å². The van der Waals surface area contributed by atoms with Gasteiger partial charge in [0.1, 0.15) is 5.75 Å². The van der Waals surface area contributed by atoms with Gasteiger partial charge in [0.2, 0.25) is 5.89 Å². The average Bonchev–Trinajstić information content (AvgIpc) is 3.46. The van der Waals surface area contributed by atoms with Gasteiger partial charge in [-0.1, -0.05) is 47.5 Å². The highest BCUT2D eigenvalue weighted by Gasteiger charge is 2.22. The van der Waals surface area contributed by atoms with E-state index in [0.717, 1.165) is 22.6 Å². The van der Waals surface area contributed by atoms with Gasteiger partial charge in [0, 0.05) is 10.6 Å². The average molecular weight is 534 g/mol. The Morgan fingerprint density at radius 2 is 1.84 bits per heavy atom. The van der Waals surface area contributed by atoms with Crippen molar-refractivity contribution >= 4 is 23.2 Å². The molecule has 0 spiro atoms. The zero-order valence-electron chi connectivity index (χ0n) is 19.7. The van der Waals surface area contributed by atoms with Crippen molar-refractivity contribution in [3.05, 3.63) is 105 Å². The number of para-hydroxylation sites is 1. The molecule has 0 atom stereocenters. The largest absolute Gasteiger partial charge is 0.453 e. The third-order valence-corrected chi connectivity index (χ3v) is 6.18. The first-order valence-electron chi connectivity index (χ1n) is 11.1. The summed E-state index contributed by atoms with van der Waals surface area (Å²) in [4.78, 5) is 0. The van der Waals surface area contributed by atoms with E-state index in [1.165, 1.54) is 30.3 Å². The molecule has 184 valence electrons. The van der Waals surface area contributed by atoms with Crippen molar-refractivity contribution in [2.45, 2.75) is 20.3 Å². The first-order chi connectivity index (χ1) is 17.8. The fraction of sp³-hybridized carbons (Fsp3) is 0.111. The summed E-state index contributed by atoms with van der Waals surface area (Å²) < 4.78 is 28.8. The first kappa shape index (κ1) is 24.5. The van der Waals surface area contributed by atoms with Crippen LogP contribution in [-0.2, 0) is 6.42 Å². The zero-order chi connectivity index (χ0) is 26.1. The van der Waals surface area contributed by atoms with Crippen LogP contribution in [0, 0.1) is 31.0 Å². The second-order valence-corrected chi connectivity index (χ2v) is 9.05. The molecule has 2 aromatic heterocycles. The summed E-state index contributed by atoms with van der Waals surface area (Å²) in [6.07, 6.45) is 0.0102. The smallest absolute Gasteiger partial charge is 0.251 e. The standard InChI is InChI=1S/C27H18Cl2FN5O2/c1-15-24(16(2)35(34-15)20-6-4-3-5-7-20)27-33-32-23(37-27)12-18-8-9-22(29)26(25(18)30)36-21-11-17(14-31)10-19(28)13-21/h3-11,13H,12H2,1-2H3. The van der Waals surface area contributed by atoms with Crippen molar-refractivity contribution in [3.8, 4) is 34.7 Å². The highest BCUT2D eigenvalue weighted by atomic mass is 35.5. The van der Waals surface area contributed by atoms with Crippen LogP contribution in [0.3, 0.4) is 0 Å². The van der Waals surface area contributed by atoms with E-state index in [4.69, 9.17) is 37.6 Å². The fourth-order valence-corrected chi connectivity index (χ4v) is 4.38. The molecule has 3 aromatic carbocycles. The second kappa shape index (κ2) is 10.1. The Morgan fingerprint density at radius 3 is 2.59 bits per heavy atom. The van der Waals surface area contributed by atoms with Gasteiger partial charge in [0.15, 0.2) is 11.6 Å². The van der Waals surface area contributed by atoms with Gasteiger partial charge in [-0.05, 0) is 50.2 Å². The van der Waals surface area contributed by atoms with E-state index in [1.54, 1.807) is 0 Å². The number of nitriles is 1. The van der Waals surface area contributed by atoms with E-state index in [9.17, 15) is 0 Å². The highest BCUT2D eigenvalue weighted by Crippen LogP contribution is 2.36. The van der Waals surface area contributed by atoms with Crippen molar-refractivity contribution < 1.29 is 13.5 Å². The monoisotopic (exact) mass is 533 g/mol. The number of halogens is 3. The van der Waals surface area contributed by atoms with Crippen LogP contribution in [0.2, 0.25) is 10.0 Å². The number of aromatic nitrogens is 4. The van der Waals surface area contributed by atoms with E-state index in [-0.39, 0.29) is 45.0 Å². The van der Waals surface area contributed by atoms with Gasteiger partial charge in [-0.25, -0.2) is 9.07 Å². The summed E-state index contributed by atoms with van der Waals surface area (Å²) in [6.45, 7) is 3.78. The fourth-order valence-electron chi connectivity index (χ4n) is 3.97. The van der Waals surface area contributed by atoms with Crippen LogP contribution in [0.1, 0.15) is 28.4 Å². The number of rotatable bonds is 6. The summed E-state index contributed by atoms with van der Waals surface area (Å²) in [7, 11) is 0. The lowest BCUT2D eigenvalue weighted by atomic mass is 10.1. The molecule has 0 N–H and O–H groups in total. The lowest BCUT2D eigenvalue weighted by Gasteiger charge is -2.11. The van der Waals surface area contributed by atoms with Gasteiger partial charge in [0.05, 0.1) is 45.7 Å². The highest BCUT2D eigenvalue weighted by molar-refractivity contribution is 6.32. The van der Waals surface area contributed by atoms with Crippen LogP contribution in [0.15, 0.2) is 65.1 Å². The Labute approximate surface area is 221 Å². The molecule has 37 heavy (non-hydrogen) atoms. The summed E-state index contributed by atoms with van der Waals surface area (Å²) in [5.41, 5.74) is 3.71. The normalized spacial score (nSPS) is 10.9. The maximum absolute atomic E-state index is 15.4. The van der Waals surface area contributed by atoms with Crippen LogP contribution in [0.25, 0.3) is 17.1 Å². The van der Waals surface area contributed by atoms with Crippen molar-refractivity contribution in [1.82, 2.24) is 20.0 Å². The molecule has 0 amide bonds. The third-order valence-electron chi connectivity index (χ3n) is 5.66. The van der Waals surface area contributed by atoms with Gasteiger partial charge in [0.25, 0.3) is 5.89 Å². The number of ether oxygens (including phenoxy) is 1. The number of hydrogen-bond acceptors (Lipinski definition) is 6. The molecular formula is C27H18Cl2FN5O2. The molecule has 0 fully saturated rings. The maximum atomic E-state index is 15.4. The molecule has 0 aliphatic carbocycles. The van der Waals surface area contributed by atoms with Gasteiger partial charge in [-0.2, -0.15) is 10.4 Å². The van der Waals surface area contributed by atoms with E-state index >= 15 is 4.39 Å². The molecule has 7 nitrogen and oxygen atoms in total. The molecule has 0 aliphatic heterocycles. The van der Waals surface area contributed by atoms with Crippen LogP contribution >= 0.6 is 23.2 Å². The van der Waals surface area contributed by atoms with Gasteiger partial charge < -0.3 is 9.15 Å². The van der Waals surface area contributed by atoms with Crippen LogP contribution in [0.4, 0.5) is 4.39 Å². The molecule has 0 saturated heterocycles. The molecule has 0 saturated carbocycles. The van der Waals surface area contributed by atoms with Gasteiger partial charge in [-0.3, -0.25) is 0 Å². The third kappa shape index (κ3) is 4.92. The van der Waals surface area contributed by atoms with Gasteiger partial charge in [-0.15, -0.1) is 10.2 Å². The minimum atomic E-state index is -0.685. The Balaban J connectivity index is 1.43. The molecule has 0 aliphatic rings. The lowest BCUT2D eigenvalue weighted by molar-refractivity contribution is 0.437.